The number of carbonyl (C=O) groups is 2. The zero-order valence-corrected chi connectivity index (χ0v) is 15.2. The van der Waals surface area contributed by atoms with Crippen LogP contribution < -0.4 is 10.6 Å². The fourth-order valence-electron chi connectivity index (χ4n) is 3.00. The average Bonchev–Trinajstić information content (AvgIpc) is 3.22. The molecular weight excluding hydrogens is 342 g/mol. The van der Waals surface area contributed by atoms with Crippen molar-refractivity contribution in [1.29, 1.82) is 0 Å². The van der Waals surface area contributed by atoms with Crippen LogP contribution in [0.25, 0.3) is 0 Å². The summed E-state index contributed by atoms with van der Waals surface area (Å²) in [7, 11) is 0. The van der Waals surface area contributed by atoms with Crippen LogP contribution >= 0.6 is 22.7 Å². The van der Waals surface area contributed by atoms with Crippen LogP contribution in [0.15, 0.2) is 29.0 Å². The normalized spacial score (nSPS) is 17.3. The monoisotopic (exact) mass is 363 g/mol. The van der Waals surface area contributed by atoms with Gasteiger partial charge in [0.05, 0.1) is 12.6 Å². The van der Waals surface area contributed by atoms with Crippen molar-refractivity contribution in [2.24, 2.45) is 0 Å². The Hall–Kier alpha value is -1.70. The van der Waals surface area contributed by atoms with E-state index in [4.69, 9.17) is 0 Å². The Balaban J connectivity index is 1.64. The van der Waals surface area contributed by atoms with Crippen molar-refractivity contribution in [3.05, 3.63) is 44.3 Å². The topological polar surface area (TPSA) is 61.4 Å². The van der Waals surface area contributed by atoms with Gasteiger partial charge in [0, 0.05) is 36.3 Å². The molecule has 0 aromatic carbocycles. The standard InChI is InChI=1S/C17H21N3O2S2/c1-12(21)18-6-7-19-16(22)11-20-8-4-14-13(5-10-24-14)17(20)15-3-2-9-23-15/h2-3,5,9-10,17H,4,6-8,11H2,1H3,(H,18,21)(H,19,22). The molecule has 0 aliphatic carbocycles. The Morgan fingerprint density at radius 3 is 2.79 bits per heavy atom. The molecular formula is C17H21N3O2S2. The fourth-order valence-corrected chi connectivity index (χ4v) is 4.78. The third-order valence-corrected chi connectivity index (χ3v) is 5.97. The van der Waals surface area contributed by atoms with Crippen molar-refractivity contribution >= 4 is 34.5 Å². The van der Waals surface area contributed by atoms with Gasteiger partial charge in [0.2, 0.25) is 11.8 Å². The van der Waals surface area contributed by atoms with Crippen LogP contribution in [0.5, 0.6) is 0 Å². The molecule has 2 N–H and O–H groups in total. The molecule has 1 aliphatic rings. The Labute approximate surface area is 149 Å². The highest BCUT2D eigenvalue weighted by atomic mass is 32.1. The lowest BCUT2D eigenvalue weighted by atomic mass is 9.98. The van der Waals surface area contributed by atoms with Crippen molar-refractivity contribution < 1.29 is 9.59 Å². The van der Waals surface area contributed by atoms with Gasteiger partial charge >= 0.3 is 0 Å². The minimum Gasteiger partial charge on any atom is -0.355 e. The number of hydrogen-bond donors (Lipinski definition) is 2. The molecule has 128 valence electrons. The molecule has 2 aromatic heterocycles. The Kier molecular flexibility index (Phi) is 5.65. The summed E-state index contributed by atoms with van der Waals surface area (Å²) in [4.78, 5) is 28.1. The molecule has 0 saturated carbocycles. The van der Waals surface area contributed by atoms with Gasteiger partial charge in [0.15, 0.2) is 0 Å². The zero-order valence-electron chi connectivity index (χ0n) is 13.6. The first-order valence-electron chi connectivity index (χ1n) is 8.00. The van der Waals surface area contributed by atoms with E-state index in [9.17, 15) is 9.59 Å². The summed E-state index contributed by atoms with van der Waals surface area (Å²) in [6, 6.07) is 6.56. The van der Waals surface area contributed by atoms with Gasteiger partial charge in [-0.05, 0) is 34.9 Å². The van der Waals surface area contributed by atoms with Crippen LogP contribution in [0.1, 0.15) is 28.3 Å². The number of thiophene rings is 2. The molecule has 2 aromatic rings. The molecule has 0 saturated heterocycles. The molecule has 3 rings (SSSR count). The van der Waals surface area contributed by atoms with E-state index in [-0.39, 0.29) is 17.9 Å². The predicted molar refractivity (Wildman–Crippen MR) is 97.5 cm³/mol. The molecule has 1 unspecified atom stereocenters. The highest BCUT2D eigenvalue weighted by molar-refractivity contribution is 7.10. The molecule has 24 heavy (non-hydrogen) atoms. The van der Waals surface area contributed by atoms with E-state index in [0.717, 1.165) is 13.0 Å². The van der Waals surface area contributed by atoms with Gasteiger partial charge in [-0.15, -0.1) is 22.7 Å². The molecule has 2 amide bonds. The van der Waals surface area contributed by atoms with Gasteiger partial charge in [-0.25, -0.2) is 0 Å². The third kappa shape index (κ3) is 4.03. The second-order valence-corrected chi connectivity index (χ2v) is 7.75. The van der Waals surface area contributed by atoms with Gasteiger partial charge in [0.1, 0.15) is 0 Å². The van der Waals surface area contributed by atoms with E-state index in [1.807, 2.05) is 0 Å². The minimum atomic E-state index is -0.0805. The lowest BCUT2D eigenvalue weighted by molar-refractivity contribution is -0.123. The summed E-state index contributed by atoms with van der Waals surface area (Å²) in [6.45, 7) is 3.65. The second kappa shape index (κ2) is 7.92. The van der Waals surface area contributed by atoms with Crippen LogP contribution in [0.3, 0.4) is 0 Å². The van der Waals surface area contributed by atoms with E-state index in [1.54, 1.807) is 22.7 Å². The van der Waals surface area contributed by atoms with Crippen LogP contribution in [-0.4, -0.2) is 42.9 Å². The van der Waals surface area contributed by atoms with Crippen molar-refractivity contribution in [3.63, 3.8) is 0 Å². The van der Waals surface area contributed by atoms with Gasteiger partial charge in [-0.3, -0.25) is 14.5 Å². The first kappa shape index (κ1) is 17.1. The second-order valence-electron chi connectivity index (χ2n) is 5.77. The number of fused-ring (bicyclic) bond motifs is 1. The summed E-state index contributed by atoms with van der Waals surface area (Å²) >= 11 is 3.54. The predicted octanol–water partition coefficient (Wildman–Crippen LogP) is 2.01. The van der Waals surface area contributed by atoms with Crippen molar-refractivity contribution in [1.82, 2.24) is 15.5 Å². The van der Waals surface area contributed by atoms with Gasteiger partial charge in [0.25, 0.3) is 0 Å². The summed E-state index contributed by atoms with van der Waals surface area (Å²) in [5, 5.41) is 9.79. The fraction of sp³-hybridized carbons (Fsp3) is 0.412. The highest BCUT2D eigenvalue weighted by Gasteiger charge is 2.31. The first-order chi connectivity index (χ1) is 11.6. The van der Waals surface area contributed by atoms with Crippen molar-refractivity contribution in [2.45, 2.75) is 19.4 Å². The number of hydrogen-bond acceptors (Lipinski definition) is 5. The van der Waals surface area contributed by atoms with Gasteiger partial charge in [-0.1, -0.05) is 6.07 Å². The minimum absolute atomic E-state index is 0.000544. The zero-order chi connectivity index (χ0) is 16.9. The third-order valence-electron chi connectivity index (χ3n) is 4.05. The first-order valence-corrected chi connectivity index (χ1v) is 9.76. The molecule has 3 heterocycles. The average molecular weight is 364 g/mol. The smallest absolute Gasteiger partial charge is 0.234 e. The van der Waals surface area contributed by atoms with Crippen LogP contribution in [0.2, 0.25) is 0 Å². The van der Waals surface area contributed by atoms with E-state index in [1.165, 1.54) is 22.2 Å². The molecule has 0 radical (unpaired) electrons. The van der Waals surface area contributed by atoms with Crippen LogP contribution in [-0.2, 0) is 16.0 Å². The SMILES string of the molecule is CC(=O)NCCNC(=O)CN1CCc2sccc2C1c1cccs1. The van der Waals surface area contributed by atoms with Crippen LogP contribution in [0.4, 0.5) is 0 Å². The van der Waals surface area contributed by atoms with Crippen molar-refractivity contribution in [2.75, 3.05) is 26.2 Å². The summed E-state index contributed by atoms with van der Waals surface area (Å²) in [6.07, 6.45) is 0.994. The quantitative estimate of drug-likeness (QED) is 0.772. The molecule has 0 fully saturated rings. The largest absolute Gasteiger partial charge is 0.355 e. The lowest BCUT2D eigenvalue weighted by Gasteiger charge is -2.34. The maximum Gasteiger partial charge on any atom is 0.234 e. The molecule has 0 spiro atoms. The molecule has 1 aliphatic heterocycles. The Morgan fingerprint density at radius 1 is 1.21 bits per heavy atom. The number of amides is 2. The Morgan fingerprint density at radius 2 is 2.04 bits per heavy atom. The molecule has 1 atom stereocenters. The molecule has 0 bridgehead atoms. The maximum absolute atomic E-state index is 12.3. The lowest BCUT2D eigenvalue weighted by Crippen LogP contribution is -2.44. The highest BCUT2D eigenvalue weighted by Crippen LogP contribution is 2.39. The van der Waals surface area contributed by atoms with E-state index >= 15 is 0 Å². The maximum atomic E-state index is 12.3. The van der Waals surface area contributed by atoms with Gasteiger partial charge in [-0.2, -0.15) is 0 Å². The summed E-state index contributed by atoms with van der Waals surface area (Å²) < 4.78 is 0. The van der Waals surface area contributed by atoms with Gasteiger partial charge < -0.3 is 10.6 Å². The number of nitrogens with one attached hydrogen (secondary N) is 2. The van der Waals surface area contributed by atoms with E-state index < -0.39 is 0 Å². The van der Waals surface area contributed by atoms with Crippen LogP contribution in [0, 0.1) is 0 Å². The molecule has 7 heteroatoms. The van der Waals surface area contributed by atoms with Crippen molar-refractivity contribution in [3.8, 4) is 0 Å². The summed E-state index contributed by atoms with van der Waals surface area (Å²) in [5.41, 5.74) is 1.33. The Bertz CT molecular complexity index is 697. The number of rotatable bonds is 6. The molecule has 5 nitrogen and oxygen atoms in total. The summed E-state index contributed by atoms with van der Waals surface area (Å²) in [5.74, 6) is -0.0800. The van der Waals surface area contributed by atoms with E-state index in [2.05, 4.69) is 44.5 Å². The number of carbonyl (C=O) groups excluding carboxylic acids is 2. The van der Waals surface area contributed by atoms with E-state index in [0.29, 0.717) is 19.6 Å². The number of nitrogens with zero attached hydrogens (tertiary/aromatic N) is 1.